The van der Waals surface area contributed by atoms with Crippen LogP contribution in [0.3, 0.4) is 0 Å². The first-order chi connectivity index (χ1) is 4.86. The molecule has 10 heavy (non-hydrogen) atoms. The van der Waals surface area contributed by atoms with E-state index in [0.29, 0.717) is 6.04 Å². The van der Waals surface area contributed by atoms with Crippen LogP contribution in [0.4, 0.5) is 0 Å². The molecule has 1 nitrogen and oxygen atoms in total. The predicted molar refractivity (Wildman–Crippen MR) is 42.2 cm³/mol. The van der Waals surface area contributed by atoms with Gasteiger partial charge in [0.15, 0.2) is 0 Å². The summed E-state index contributed by atoms with van der Waals surface area (Å²) < 4.78 is 0. The Balaban J connectivity index is 2.28. The first-order valence-electron chi connectivity index (χ1n) is 3.35. The standard InChI is InChI=1S/C8H8ClN/c9-7-3-1-6(2-4-7)8-5-10-8/h1-4,8,10H,5H2/t8-/m1/s1. The normalized spacial score (nSPS) is 22.7. The molecule has 0 spiro atoms. The Hall–Kier alpha value is -0.530. The van der Waals surface area contributed by atoms with E-state index in [-0.39, 0.29) is 0 Å². The highest BCUT2D eigenvalue weighted by Gasteiger charge is 2.21. The van der Waals surface area contributed by atoms with Crippen LogP contribution >= 0.6 is 11.6 Å². The van der Waals surface area contributed by atoms with E-state index in [1.54, 1.807) is 0 Å². The van der Waals surface area contributed by atoms with Gasteiger partial charge in [-0.2, -0.15) is 0 Å². The summed E-state index contributed by atoms with van der Waals surface area (Å²) in [7, 11) is 0. The highest BCUT2D eigenvalue weighted by atomic mass is 35.5. The zero-order valence-electron chi connectivity index (χ0n) is 5.47. The van der Waals surface area contributed by atoms with Crippen molar-refractivity contribution in [3.63, 3.8) is 0 Å². The van der Waals surface area contributed by atoms with Gasteiger partial charge in [0, 0.05) is 17.6 Å². The highest BCUT2D eigenvalue weighted by Crippen LogP contribution is 2.22. The van der Waals surface area contributed by atoms with Crippen LogP contribution in [0.2, 0.25) is 5.02 Å². The van der Waals surface area contributed by atoms with E-state index in [1.807, 2.05) is 12.1 Å². The zero-order valence-corrected chi connectivity index (χ0v) is 6.23. The van der Waals surface area contributed by atoms with Gasteiger partial charge in [-0.15, -0.1) is 0 Å². The molecule has 0 aliphatic carbocycles. The summed E-state index contributed by atoms with van der Waals surface area (Å²) in [5.41, 5.74) is 1.34. The van der Waals surface area contributed by atoms with Crippen molar-refractivity contribution in [1.82, 2.24) is 5.32 Å². The summed E-state index contributed by atoms with van der Waals surface area (Å²) in [6, 6.07) is 8.57. The van der Waals surface area contributed by atoms with E-state index >= 15 is 0 Å². The maximum Gasteiger partial charge on any atom is 0.0447 e. The minimum absolute atomic E-state index is 0.595. The van der Waals surface area contributed by atoms with E-state index in [0.717, 1.165) is 11.6 Å². The fourth-order valence-electron chi connectivity index (χ4n) is 0.990. The molecule has 0 aromatic heterocycles. The number of benzene rings is 1. The molecule has 0 radical (unpaired) electrons. The van der Waals surface area contributed by atoms with Crippen LogP contribution in [0.15, 0.2) is 24.3 Å². The highest BCUT2D eigenvalue weighted by molar-refractivity contribution is 6.30. The molecular weight excluding hydrogens is 146 g/mol. The van der Waals surface area contributed by atoms with Crippen molar-refractivity contribution in [2.75, 3.05) is 6.54 Å². The number of halogens is 1. The zero-order chi connectivity index (χ0) is 6.97. The average molecular weight is 154 g/mol. The molecule has 2 heteroatoms. The first kappa shape index (κ1) is 6.20. The molecule has 0 bridgehead atoms. The first-order valence-corrected chi connectivity index (χ1v) is 3.73. The van der Waals surface area contributed by atoms with Crippen LogP contribution in [0.25, 0.3) is 0 Å². The Morgan fingerprint density at radius 2 is 1.90 bits per heavy atom. The van der Waals surface area contributed by atoms with Gasteiger partial charge in [0.1, 0.15) is 0 Å². The summed E-state index contributed by atoms with van der Waals surface area (Å²) in [6.45, 7) is 1.11. The van der Waals surface area contributed by atoms with Crippen molar-refractivity contribution in [1.29, 1.82) is 0 Å². The van der Waals surface area contributed by atoms with Crippen LogP contribution in [0.1, 0.15) is 11.6 Å². The summed E-state index contributed by atoms with van der Waals surface area (Å²) in [5.74, 6) is 0. The number of hydrogen-bond acceptors (Lipinski definition) is 1. The minimum atomic E-state index is 0.595. The molecule has 1 N–H and O–H groups in total. The second-order valence-electron chi connectivity index (χ2n) is 2.51. The Bertz CT molecular complexity index is 226. The molecule has 1 heterocycles. The topological polar surface area (TPSA) is 21.9 Å². The van der Waals surface area contributed by atoms with E-state index in [1.165, 1.54) is 5.56 Å². The number of rotatable bonds is 1. The molecular formula is C8H8ClN. The van der Waals surface area contributed by atoms with Gasteiger partial charge in [0.2, 0.25) is 0 Å². The lowest BCUT2D eigenvalue weighted by molar-refractivity contribution is 1.08. The molecule has 1 fully saturated rings. The number of hydrogen-bond donors (Lipinski definition) is 1. The molecule has 0 amide bonds. The molecule has 1 aliphatic heterocycles. The summed E-state index contributed by atoms with van der Waals surface area (Å²) in [4.78, 5) is 0. The molecule has 2 rings (SSSR count). The smallest absolute Gasteiger partial charge is 0.0447 e. The van der Waals surface area contributed by atoms with E-state index in [4.69, 9.17) is 11.6 Å². The lowest BCUT2D eigenvalue weighted by atomic mass is 10.2. The molecule has 1 aromatic carbocycles. The summed E-state index contributed by atoms with van der Waals surface area (Å²) in [6.07, 6.45) is 0. The number of nitrogens with one attached hydrogen (secondary N) is 1. The minimum Gasteiger partial charge on any atom is -0.307 e. The second kappa shape index (κ2) is 2.26. The quantitative estimate of drug-likeness (QED) is 0.613. The van der Waals surface area contributed by atoms with E-state index < -0.39 is 0 Å². The van der Waals surface area contributed by atoms with Crippen molar-refractivity contribution in [3.05, 3.63) is 34.9 Å². The second-order valence-corrected chi connectivity index (χ2v) is 2.95. The fraction of sp³-hybridized carbons (Fsp3) is 0.250. The van der Waals surface area contributed by atoms with Gasteiger partial charge >= 0.3 is 0 Å². The van der Waals surface area contributed by atoms with Gasteiger partial charge in [-0.05, 0) is 17.7 Å². The van der Waals surface area contributed by atoms with Gasteiger partial charge in [0.05, 0.1) is 0 Å². The lowest BCUT2D eigenvalue weighted by Gasteiger charge is -1.94. The van der Waals surface area contributed by atoms with Gasteiger partial charge < -0.3 is 5.32 Å². The maximum absolute atomic E-state index is 5.72. The lowest BCUT2D eigenvalue weighted by Crippen LogP contribution is -1.81. The van der Waals surface area contributed by atoms with Crippen LogP contribution in [0.5, 0.6) is 0 Å². The molecule has 52 valence electrons. The van der Waals surface area contributed by atoms with Crippen LogP contribution in [-0.2, 0) is 0 Å². The van der Waals surface area contributed by atoms with Crippen molar-refractivity contribution >= 4 is 11.6 Å². The Morgan fingerprint density at radius 3 is 2.40 bits per heavy atom. The van der Waals surface area contributed by atoms with Gasteiger partial charge in [-0.3, -0.25) is 0 Å². The molecule has 1 saturated heterocycles. The van der Waals surface area contributed by atoms with Crippen molar-refractivity contribution < 1.29 is 0 Å². The molecule has 1 aliphatic rings. The fourth-order valence-corrected chi connectivity index (χ4v) is 1.12. The summed E-state index contributed by atoms with van der Waals surface area (Å²) >= 11 is 5.72. The van der Waals surface area contributed by atoms with E-state index in [2.05, 4.69) is 17.4 Å². The van der Waals surface area contributed by atoms with Crippen LogP contribution in [0, 0.1) is 0 Å². The Morgan fingerprint density at radius 1 is 1.30 bits per heavy atom. The maximum atomic E-state index is 5.72. The Labute approximate surface area is 65.0 Å². The molecule has 1 atom stereocenters. The molecule has 0 saturated carbocycles. The largest absolute Gasteiger partial charge is 0.307 e. The third-order valence-corrected chi connectivity index (χ3v) is 1.93. The van der Waals surface area contributed by atoms with Crippen molar-refractivity contribution in [2.24, 2.45) is 0 Å². The van der Waals surface area contributed by atoms with Crippen molar-refractivity contribution in [2.45, 2.75) is 6.04 Å². The Kier molecular flexibility index (Phi) is 1.40. The summed E-state index contributed by atoms with van der Waals surface area (Å²) in [5, 5.41) is 4.04. The monoisotopic (exact) mass is 153 g/mol. The van der Waals surface area contributed by atoms with Crippen LogP contribution in [-0.4, -0.2) is 6.54 Å². The predicted octanol–water partition coefficient (Wildman–Crippen LogP) is 1.98. The van der Waals surface area contributed by atoms with Crippen LogP contribution < -0.4 is 5.32 Å². The SMILES string of the molecule is Clc1ccc([C@H]2CN2)cc1. The van der Waals surface area contributed by atoms with Crippen molar-refractivity contribution in [3.8, 4) is 0 Å². The van der Waals surface area contributed by atoms with Gasteiger partial charge in [0.25, 0.3) is 0 Å². The molecule has 0 unspecified atom stereocenters. The van der Waals surface area contributed by atoms with Gasteiger partial charge in [-0.1, -0.05) is 23.7 Å². The third kappa shape index (κ3) is 1.15. The molecule has 1 aromatic rings. The average Bonchev–Trinajstić information content (AvgIpc) is 2.71. The van der Waals surface area contributed by atoms with E-state index in [9.17, 15) is 0 Å². The van der Waals surface area contributed by atoms with Gasteiger partial charge in [-0.25, -0.2) is 0 Å². The third-order valence-electron chi connectivity index (χ3n) is 1.68.